The molecule has 0 bridgehead atoms. The molecular formula is C15H18N2O4. The second-order valence-electron chi connectivity index (χ2n) is 4.90. The van der Waals surface area contributed by atoms with Crippen LogP contribution in [-0.4, -0.2) is 41.3 Å². The van der Waals surface area contributed by atoms with Gasteiger partial charge in [0.2, 0.25) is 5.91 Å². The number of ether oxygens (including phenoxy) is 1. The summed E-state index contributed by atoms with van der Waals surface area (Å²) in [6, 6.07) is 8.72. The normalized spacial score (nSPS) is 12.3. The molecule has 0 saturated carbocycles. The van der Waals surface area contributed by atoms with E-state index in [1.54, 1.807) is 19.2 Å². The fraction of sp³-hybridized carbons (Fsp3) is 0.333. The molecule has 1 atom stereocenters. The van der Waals surface area contributed by atoms with Crippen LogP contribution in [-0.2, 0) is 16.1 Å². The van der Waals surface area contributed by atoms with E-state index in [1.165, 1.54) is 4.57 Å². The number of nitrogens with one attached hydrogen (secondary N) is 1. The summed E-state index contributed by atoms with van der Waals surface area (Å²) >= 11 is 0. The van der Waals surface area contributed by atoms with E-state index in [1.807, 2.05) is 25.1 Å². The van der Waals surface area contributed by atoms with Gasteiger partial charge in [-0.1, -0.05) is 18.2 Å². The molecule has 0 fully saturated rings. The predicted octanol–water partition coefficient (Wildman–Crippen LogP) is 1.49. The van der Waals surface area contributed by atoms with Crippen LogP contribution in [0.2, 0.25) is 0 Å². The second kappa shape index (κ2) is 6.41. The first-order chi connectivity index (χ1) is 10.0. The lowest BCUT2D eigenvalue weighted by atomic mass is 10.2. The van der Waals surface area contributed by atoms with Crippen molar-refractivity contribution in [2.75, 3.05) is 13.7 Å². The third kappa shape index (κ3) is 3.41. The Morgan fingerprint density at radius 3 is 2.76 bits per heavy atom. The molecule has 0 aliphatic heterocycles. The van der Waals surface area contributed by atoms with Gasteiger partial charge in [-0.3, -0.25) is 4.79 Å². The number of carboxylic acid groups (broad SMARTS) is 1. The van der Waals surface area contributed by atoms with Crippen molar-refractivity contribution in [3.05, 3.63) is 36.0 Å². The number of carboxylic acids is 1. The fourth-order valence-corrected chi connectivity index (χ4v) is 2.31. The average molecular weight is 290 g/mol. The zero-order valence-electron chi connectivity index (χ0n) is 12.0. The third-order valence-electron chi connectivity index (χ3n) is 3.16. The van der Waals surface area contributed by atoms with Gasteiger partial charge < -0.3 is 19.7 Å². The van der Waals surface area contributed by atoms with Crippen LogP contribution in [0.1, 0.15) is 17.4 Å². The maximum absolute atomic E-state index is 12.0. The molecule has 112 valence electrons. The van der Waals surface area contributed by atoms with Crippen molar-refractivity contribution in [2.45, 2.75) is 19.5 Å². The standard InChI is InChI=1S/C15H18N2O4/c1-10(9-21-2)16-14(18)8-17-12-6-4-3-5-11(12)7-13(17)15(19)20/h3-7,10H,8-9H2,1-2H3,(H,16,18)(H,19,20). The lowest BCUT2D eigenvalue weighted by molar-refractivity contribution is -0.122. The van der Waals surface area contributed by atoms with Gasteiger partial charge in [-0.05, 0) is 19.1 Å². The summed E-state index contributed by atoms with van der Waals surface area (Å²) in [6.07, 6.45) is 0. The Balaban J connectivity index is 2.26. The van der Waals surface area contributed by atoms with Gasteiger partial charge >= 0.3 is 5.97 Å². The van der Waals surface area contributed by atoms with Crippen LogP contribution in [0, 0.1) is 0 Å². The second-order valence-corrected chi connectivity index (χ2v) is 4.90. The number of amides is 1. The molecule has 2 rings (SSSR count). The summed E-state index contributed by atoms with van der Waals surface area (Å²) in [4.78, 5) is 23.4. The molecule has 0 radical (unpaired) electrons. The van der Waals surface area contributed by atoms with Crippen LogP contribution in [0.15, 0.2) is 30.3 Å². The number of hydrogen-bond acceptors (Lipinski definition) is 3. The Morgan fingerprint density at radius 1 is 1.38 bits per heavy atom. The molecule has 1 unspecified atom stereocenters. The van der Waals surface area contributed by atoms with E-state index in [4.69, 9.17) is 4.74 Å². The van der Waals surface area contributed by atoms with Gasteiger partial charge in [0.15, 0.2) is 0 Å². The Bertz CT molecular complexity index is 663. The topological polar surface area (TPSA) is 80.6 Å². The zero-order valence-corrected chi connectivity index (χ0v) is 12.0. The zero-order chi connectivity index (χ0) is 15.4. The molecule has 0 aliphatic carbocycles. The number of fused-ring (bicyclic) bond motifs is 1. The molecule has 2 aromatic rings. The van der Waals surface area contributed by atoms with Crippen molar-refractivity contribution in [2.24, 2.45) is 0 Å². The van der Waals surface area contributed by atoms with Crippen LogP contribution in [0.4, 0.5) is 0 Å². The molecule has 1 aromatic carbocycles. The molecule has 6 heteroatoms. The lowest BCUT2D eigenvalue weighted by Gasteiger charge is -2.14. The number of methoxy groups -OCH3 is 1. The quantitative estimate of drug-likeness (QED) is 0.844. The minimum absolute atomic E-state index is 0.0385. The lowest BCUT2D eigenvalue weighted by Crippen LogP contribution is -2.38. The summed E-state index contributed by atoms with van der Waals surface area (Å²) in [6.45, 7) is 2.19. The summed E-state index contributed by atoms with van der Waals surface area (Å²) in [7, 11) is 1.56. The average Bonchev–Trinajstić information content (AvgIpc) is 2.78. The largest absolute Gasteiger partial charge is 0.477 e. The summed E-state index contributed by atoms with van der Waals surface area (Å²) in [5.41, 5.74) is 0.829. The van der Waals surface area contributed by atoms with Gasteiger partial charge in [0.25, 0.3) is 0 Å². The van der Waals surface area contributed by atoms with Crippen LogP contribution in [0.3, 0.4) is 0 Å². The minimum atomic E-state index is -1.05. The van der Waals surface area contributed by atoms with E-state index in [0.29, 0.717) is 6.61 Å². The van der Waals surface area contributed by atoms with Crippen LogP contribution >= 0.6 is 0 Å². The van der Waals surface area contributed by atoms with E-state index < -0.39 is 5.97 Å². The smallest absolute Gasteiger partial charge is 0.352 e. The molecule has 0 saturated heterocycles. The number of aromatic carboxylic acids is 1. The molecule has 21 heavy (non-hydrogen) atoms. The molecule has 2 N–H and O–H groups in total. The van der Waals surface area contributed by atoms with Gasteiger partial charge in [-0.2, -0.15) is 0 Å². The van der Waals surface area contributed by atoms with Gasteiger partial charge in [-0.15, -0.1) is 0 Å². The van der Waals surface area contributed by atoms with E-state index in [2.05, 4.69) is 5.32 Å². The van der Waals surface area contributed by atoms with Crippen molar-refractivity contribution in [1.29, 1.82) is 0 Å². The maximum atomic E-state index is 12.0. The minimum Gasteiger partial charge on any atom is -0.477 e. The Hall–Kier alpha value is -2.34. The van der Waals surface area contributed by atoms with Gasteiger partial charge in [0, 0.05) is 24.1 Å². The Kier molecular flexibility index (Phi) is 4.59. The molecule has 1 aromatic heterocycles. The fourth-order valence-electron chi connectivity index (χ4n) is 2.31. The summed E-state index contributed by atoms with van der Waals surface area (Å²) < 4.78 is 6.46. The first-order valence-electron chi connectivity index (χ1n) is 6.62. The number of nitrogens with zero attached hydrogens (tertiary/aromatic N) is 1. The highest BCUT2D eigenvalue weighted by molar-refractivity contribution is 5.95. The van der Waals surface area contributed by atoms with Crippen molar-refractivity contribution in [3.8, 4) is 0 Å². The van der Waals surface area contributed by atoms with E-state index in [-0.39, 0.29) is 24.2 Å². The number of rotatable bonds is 6. The van der Waals surface area contributed by atoms with Crippen LogP contribution in [0.5, 0.6) is 0 Å². The van der Waals surface area contributed by atoms with Gasteiger partial charge in [-0.25, -0.2) is 4.79 Å². The van der Waals surface area contributed by atoms with E-state index in [9.17, 15) is 14.7 Å². The number of benzene rings is 1. The number of carbonyl (C=O) groups is 2. The number of aromatic nitrogens is 1. The SMILES string of the molecule is COCC(C)NC(=O)Cn1c(C(=O)O)cc2ccccc21. The Morgan fingerprint density at radius 2 is 2.10 bits per heavy atom. The van der Waals surface area contributed by atoms with E-state index >= 15 is 0 Å². The van der Waals surface area contributed by atoms with Gasteiger partial charge in [0.1, 0.15) is 12.2 Å². The van der Waals surface area contributed by atoms with Crippen LogP contribution in [0.25, 0.3) is 10.9 Å². The highest BCUT2D eigenvalue weighted by Gasteiger charge is 2.17. The molecular weight excluding hydrogens is 272 g/mol. The molecule has 6 nitrogen and oxygen atoms in total. The van der Waals surface area contributed by atoms with Crippen molar-refractivity contribution < 1.29 is 19.4 Å². The van der Waals surface area contributed by atoms with Gasteiger partial charge in [0.05, 0.1) is 6.61 Å². The molecule has 0 aliphatic rings. The number of para-hydroxylation sites is 1. The maximum Gasteiger partial charge on any atom is 0.352 e. The molecule has 1 amide bonds. The highest BCUT2D eigenvalue weighted by atomic mass is 16.5. The third-order valence-corrected chi connectivity index (χ3v) is 3.16. The number of hydrogen-bond donors (Lipinski definition) is 2. The monoisotopic (exact) mass is 290 g/mol. The summed E-state index contributed by atoms with van der Waals surface area (Å²) in [5, 5.41) is 12.8. The Labute approximate surface area is 122 Å². The first-order valence-corrected chi connectivity index (χ1v) is 6.62. The molecule has 0 spiro atoms. The first kappa shape index (κ1) is 15.1. The van der Waals surface area contributed by atoms with Crippen molar-refractivity contribution in [3.63, 3.8) is 0 Å². The van der Waals surface area contributed by atoms with Crippen molar-refractivity contribution in [1.82, 2.24) is 9.88 Å². The van der Waals surface area contributed by atoms with Crippen molar-refractivity contribution >= 4 is 22.8 Å². The van der Waals surface area contributed by atoms with Crippen LogP contribution < -0.4 is 5.32 Å². The highest BCUT2D eigenvalue weighted by Crippen LogP contribution is 2.19. The molecule has 1 heterocycles. The van der Waals surface area contributed by atoms with E-state index in [0.717, 1.165) is 10.9 Å². The number of carbonyl (C=O) groups excluding carboxylic acids is 1. The summed E-state index contributed by atoms with van der Waals surface area (Å²) in [5.74, 6) is -1.30. The predicted molar refractivity (Wildman–Crippen MR) is 78.4 cm³/mol.